The van der Waals surface area contributed by atoms with E-state index in [-0.39, 0.29) is 5.82 Å². The van der Waals surface area contributed by atoms with Crippen molar-refractivity contribution in [2.75, 3.05) is 0 Å². The van der Waals surface area contributed by atoms with Gasteiger partial charge >= 0.3 is 0 Å². The molecule has 0 spiro atoms. The molecular formula is C14H11Br2FO. The van der Waals surface area contributed by atoms with Crippen molar-refractivity contribution in [1.82, 2.24) is 0 Å². The highest BCUT2D eigenvalue weighted by Crippen LogP contribution is 2.28. The minimum absolute atomic E-state index is 0.266. The van der Waals surface area contributed by atoms with E-state index in [1.807, 2.05) is 18.2 Å². The van der Waals surface area contributed by atoms with Gasteiger partial charge < -0.3 is 5.11 Å². The average Bonchev–Trinajstić information content (AvgIpc) is 2.32. The van der Waals surface area contributed by atoms with Crippen molar-refractivity contribution in [2.24, 2.45) is 0 Å². The van der Waals surface area contributed by atoms with Crippen molar-refractivity contribution >= 4 is 31.9 Å². The molecule has 2 rings (SSSR count). The average molecular weight is 374 g/mol. The Morgan fingerprint density at radius 3 is 2.33 bits per heavy atom. The van der Waals surface area contributed by atoms with Gasteiger partial charge in [-0.2, -0.15) is 0 Å². The smallest absolute Gasteiger partial charge is 0.123 e. The Kier molecular flexibility index (Phi) is 4.54. The third-order valence-corrected chi connectivity index (χ3v) is 3.84. The van der Waals surface area contributed by atoms with Crippen LogP contribution in [0.15, 0.2) is 51.4 Å². The van der Waals surface area contributed by atoms with Crippen LogP contribution in [0.1, 0.15) is 17.2 Å². The fourth-order valence-corrected chi connectivity index (χ4v) is 3.04. The van der Waals surface area contributed by atoms with Gasteiger partial charge in [0.05, 0.1) is 6.10 Å². The predicted octanol–water partition coefficient (Wildman–Crippen LogP) is 4.63. The number of rotatable bonds is 3. The quantitative estimate of drug-likeness (QED) is 0.831. The summed E-state index contributed by atoms with van der Waals surface area (Å²) in [7, 11) is 0. The monoisotopic (exact) mass is 372 g/mol. The summed E-state index contributed by atoms with van der Waals surface area (Å²) in [6.07, 6.45) is -0.154. The highest BCUT2D eigenvalue weighted by atomic mass is 79.9. The molecule has 0 bridgehead atoms. The molecule has 0 aliphatic rings. The molecule has 0 aliphatic heterocycles. The Morgan fingerprint density at radius 1 is 1.06 bits per heavy atom. The lowest BCUT2D eigenvalue weighted by molar-refractivity contribution is 0.177. The first-order valence-electron chi connectivity index (χ1n) is 5.44. The normalized spacial score (nSPS) is 12.4. The van der Waals surface area contributed by atoms with Crippen LogP contribution in [0.3, 0.4) is 0 Å². The summed E-state index contributed by atoms with van der Waals surface area (Å²) >= 11 is 6.79. The molecule has 0 heterocycles. The van der Waals surface area contributed by atoms with Gasteiger partial charge in [-0.05, 0) is 35.4 Å². The molecule has 0 radical (unpaired) electrons. The second-order valence-electron chi connectivity index (χ2n) is 4.01. The van der Waals surface area contributed by atoms with Crippen LogP contribution in [0.4, 0.5) is 4.39 Å². The van der Waals surface area contributed by atoms with E-state index in [1.165, 1.54) is 12.1 Å². The Hall–Kier alpha value is -0.710. The van der Waals surface area contributed by atoms with Crippen LogP contribution in [-0.2, 0) is 6.42 Å². The van der Waals surface area contributed by atoms with Gasteiger partial charge in [0, 0.05) is 15.4 Å². The van der Waals surface area contributed by atoms with Gasteiger partial charge in [-0.25, -0.2) is 4.39 Å². The Morgan fingerprint density at radius 2 is 1.72 bits per heavy atom. The molecule has 1 atom stereocenters. The van der Waals surface area contributed by atoms with Gasteiger partial charge in [0.15, 0.2) is 0 Å². The first kappa shape index (κ1) is 13.7. The fraction of sp³-hybridized carbons (Fsp3) is 0.143. The minimum Gasteiger partial charge on any atom is -0.388 e. The highest BCUT2D eigenvalue weighted by Gasteiger charge is 2.12. The first-order chi connectivity index (χ1) is 8.56. The van der Waals surface area contributed by atoms with Crippen LogP contribution in [0.5, 0.6) is 0 Å². The van der Waals surface area contributed by atoms with Crippen molar-refractivity contribution < 1.29 is 9.50 Å². The topological polar surface area (TPSA) is 20.2 Å². The lowest BCUT2D eigenvalue weighted by Crippen LogP contribution is -2.02. The first-order valence-corrected chi connectivity index (χ1v) is 7.02. The SMILES string of the molecule is OC(Cc1ccc(F)cc1)c1ccc(Br)cc1Br. The standard InChI is InChI=1S/C14H11Br2FO/c15-10-3-6-12(13(16)8-10)14(18)7-9-1-4-11(17)5-2-9/h1-6,8,14,18H,7H2. The summed E-state index contributed by atoms with van der Waals surface area (Å²) in [6, 6.07) is 11.8. The van der Waals surface area contributed by atoms with Crippen molar-refractivity contribution in [3.05, 3.63) is 68.4 Å². The number of halogens is 3. The third-order valence-electron chi connectivity index (χ3n) is 2.66. The number of benzene rings is 2. The van der Waals surface area contributed by atoms with Gasteiger partial charge in [0.2, 0.25) is 0 Å². The predicted molar refractivity (Wildman–Crippen MR) is 76.9 cm³/mol. The van der Waals surface area contributed by atoms with Crippen LogP contribution in [0.25, 0.3) is 0 Å². The van der Waals surface area contributed by atoms with E-state index in [4.69, 9.17) is 0 Å². The summed E-state index contributed by atoms with van der Waals surface area (Å²) < 4.78 is 14.6. The summed E-state index contributed by atoms with van der Waals surface area (Å²) in [4.78, 5) is 0. The van der Waals surface area contributed by atoms with Crippen LogP contribution in [0.2, 0.25) is 0 Å². The molecule has 0 aromatic heterocycles. The molecule has 0 fully saturated rings. The number of hydrogen-bond acceptors (Lipinski definition) is 1. The van der Waals surface area contributed by atoms with Gasteiger partial charge in [0.1, 0.15) is 5.82 Å². The molecule has 4 heteroatoms. The Balaban J connectivity index is 2.16. The molecule has 94 valence electrons. The van der Waals surface area contributed by atoms with Crippen LogP contribution in [-0.4, -0.2) is 5.11 Å². The fourth-order valence-electron chi connectivity index (χ4n) is 1.73. The Bertz CT molecular complexity index is 540. The van der Waals surface area contributed by atoms with Gasteiger partial charge in [-0.15, -0.1) is 0 Å². The van der Waals surface area contributed by atoms with Crippen molar-refractivity contribution in [1.29, 1.82) is 0 Å². The van der Waals surface area contributed by atoms with E-state index < -0.39 is 6.10 Å². The molecule has 1 nitrogen and oxygen atoms in total. The Labute approximate surface area is 122 Å². The third kappa shape index (κ3) is 3.40. The largest absolute Gasteiger partial charge is 0.388 e. The molecule has 1 unspecified atom stereocenters. The van der Waals surface area contributed by atoms with Crippen molar-refractivity contribution in [3.63, 3.8) is 0 Å². The number of aliphatic hydroxyl groups excluding tert-OH is 1. The molecule has 18 heavy (non-hydrogen) atoms. The second kappa shape index (κ2) is 5.95. The van der Waals surface area contributed by atoms with Gasteiger partial charge in [0.25, 0.3) is 0 Å². The molecule has 0 saturated carbocycles. The zero-order chi connectivity index (χ0) is 13.1. The maximum absolute atomic E-state index is 12.8. The molecule has 0 aliphatic carbocycles. The zero-order valence-electron chi connectivity index (χ0n) is 9.41. The molecule has 2 aromatic rings. The number of hydrogen-bond donors (Lipinski definition) is 1. The summed E-state index contributed by atoms with van der Waals surface area (Å²) in [5.74, 6) is -0.266. The lowest BCUT2D eigenvalue weighted by atomic mass is 10.0. The summed E-state index contributed by atoms with van der Waals surface area (Å²) in [6.45, 7) is 0. The zero-order valence-corrected chi connectivity index (χ0v) is 12.6. The van der Waals surface area contributed by atoms with Crippen LogP contribution < -0.4 is 0 Å². The number of aliphatic hydroxyl groups is 1. The maximum atomic E-state index is 12.8. The summed E-state index contributed by atoms with van der Waals surface area (Å²) in [5, 5.41) is 10.2. The van der Waals surface area contributed by atoms with E-state index in [1.54, 1.807) is 12.1 Å². The van der Waals surface area contributed by atoms with E-state index in [2.05, 4.69) is 31.9 Å². The van der Waals surface area contributed by atoms with E-state index in [0.29, 0.717) is 6.42 Å². The van der Waals surface area contributed by atoms with E-state index in [9.17, 15) is 9.50 Å². The molecule has 0 amide bonds. The maximum Gasteiger partial charge on any atom is 0.123 e. The van der Waals surface area contributed by atoms with Crippen LogP contribution >= 0.6 is 31.9 Å². The lowest BCUT2D eigenvalue weighted by Gasteiger charge is -2.13. The molecule has 0 saturated heterocycles. The van der Waals surface area contributed by atoms with Gasteiger partial charge in [-0.3, -0.25) is 0 Å². The van der Waals surface area contributed by atoms with E-state index >= 15 is 0 Å². The van der Waals surface area contributed by atoms with Crippen molar-refractivity contribution in [2.45, 2.75) is 12.5 Å². The molecule has 1 N–H and O–H groups in total. The van der Waals surface area contributed by atoms with Gasteiger partial charge in [-0.1, -0.05) is 50.1 Å². The second-order valence-corrected chi connectivity index (χ2v) is 5.78. The minimum atomic E-state index is -0.613. The van der Waals surface area contributed by atoms with E-state index in [0.717, 1.165) is 20.1 Å². The molecular weight excluding hydrogens is 363 g/mol. The summed E-state index contributed by atoms with van der Waals surface area (Å²) in [5.41, 5.74) is 1.72. The van der Waals surface area contributed by atoms with Crippen molar-refractivity contribution in [3.8, 4) is 0 Å². The highest BCUT2D eigenvalue weighted by molar-refractivity contribution is 9.11. The molecule has 2 aromatic carbocycles. The van der Waals surface area contributed by atoms with Crippen LogP contribution in [0, 0.1) is 5.82 Å².